The molecule has 0 aliphatic rings. The van der Waals surface area contributed by atoms with Crippen molar-refractivity contribution < 1.29 is 4.79 Å². The fourth-order valence-corrected chi connectivity index (χ4v) is 2.05. The van der Waals surface area contributed by atoms with E-state index in [1.165, 1.54) is 23.0 Å². The molecule has 0 atom stereocenters. The summed E-state index contributed by atoms with van der Waals surface area (Å²) in [5.41, 5.74) is 6.51. The lowest BCUT2D eigenvalue weighted by Gasteiger charge is -2.05. The molecule has 0 saturated heterocycles. The molecule has 0 bridgehead atoms. The predicted molar refractivity (Wildman–Crippen MR) is 80.9 cm³/mol. The Bertz CT molecular complexity index is 910. The summed E-state index contributed by atoms with van der Waals surface area (Å²) in [5.74, 6) is -0.462. The Morgan fingerprint density at radius 1 is 1.27 bits per heavy atom. The van der Waals surface area contributed by atoms with Crippen molar-refractivity contribution >= 4 is 11.5 Å². The molecular weight excluding hydrogens is 282 g/mol. The second-order valence-corrected chi connectivity index (χ2v) is 4.80. The van der Waals surface area contributed by atoms with Crippen LogP contribution in [0.2, 0.25) is 0 Å². The van der Waals surface area contributed by atoms with Crippen molar-refractivity contribution in [3.63, 3.8) is 0 Å². The molecule has 2 heterocycles. The highest BCUT2D eigenvalue weighted by Crippen LogP contribution is 2.10. The van der Waals surface area contributed by atoms with Crippen LogP contribution in [0.4, 0.5) is 5.69 Å². The van der Waals surface area contributed by atoms with Crippen LogP contribution in [0.5, 0.6) is 0 Å². The van der Waals surface area contributed by atoms with Gasteiger partial charge in [-0.1, -0.05) is 12.1 Å². The van der Waals surface area contributed by atoms with Crippen molar-refractivity contribution in [1.82, 2.24) is 19.6 Å². The van der Waals surface area contributed by atoms with Gasteiger partial charge >= 0.3 is 0 Å². The average Bonchev–Trinajstić information content (AvgIpc) is 2.93. The van der Waals surface area contributed by atoms with Gasteiger partial charge in [0.1, 0.15) is 5.69 Å². The summed E-state index contributed by atoms with van der Waals surface area (Å²) in [6, 6.07) is 7.75. The van der Waals surface area contributed by atoms with E-state index in [1.54, 1.807) is 42.3 Å². The molecule has 0 amide bonds. The van der Waals surface area contributed by atoms with Crippen LogP contribution in [-0.2, 0) is 7.05 Å². The molecule has 3 rings (SSSR count). The van der Waals surface area contributed by atoms with Crippen LogP contribution in [-0.4, -0.2) is 25.3 Å². The molecule has 22 heavy (non-hydrogen) atoms. The van der Waals surface area contributed by atoms with Crippen LogP contribution < -0.4 is 11.2 Å². The fraction of sp³-hybridized carbons (Fsp3) is 0.0667. The molecule has 0 spiro atoms. The van der Waals surface area contributed by atoms with Crippen LogP contribution in [0.1, 0.15) is 16.1 Å². The first-order chi connectivity index (χ1) is 10.5. The minimum Gasteiger partial charge on any atom is -0.399 e. The molecule has 0 saturated carbocycles. The number of nitrogens with two attached hydrogens (primary N) is 1. The van der Waals surface area contributed by atoms with E-state index >= 15 is 0 Å². The van der Waals surface area contributed by atoms with Crippen LogP contribution in [0, 0.1) is 0 Å². The summed E-state index contributed by atoms with van der Waals surface area (Å²) in [4.78, 5) is 24.4. The van der Waals surface area contributed by atoms with Gasteiger partial charge < -0.3 is 5.73 Å². The summed E-state index contributed by atoms with van der Waals surface area (Å²) in [7, 11) is 1.77. The summed E-state index contributed by atoms with van der Waals surface area (Å²) < 4.78 is 3.04. The lowest BCUT2D eigenvalue weighted by molar-refractivity contribution is 0.103. The van der Waals surface area contributed by atoms with E-state index in [4.69, 9.17) is 5.73 Å². The van der Waals surface area contributed by atoms with E-state index in [9.17, 15) is 9.59 Å². The van der Waals surface area contributed by atoms with Crippen molar-refractivity contribution in [2.24, 2.45) is 7.05 Å². The maximum Gasteiger partial charge on any atom is 0.217 e. The third kappa shape index (κ3) is 2.51. The molecule has 2 N–H and O–H groups in total. The lowest BCUT2D eigenvalue weighted by atomic mass is 10.1. The quantitative estimate of drug-likeness (QED) is 0.569. The highest BCUT2D eigenvalue weighted by molar-refractivity contribution is 6.07. The summed E-state index contributed by atoms with van der Waals surface area (Å²) >= 11 is 0. The topological polar surface area (TPSA) is 95.8 Å². The number of aryl methyl sites for hydroxylation is 1. The standard InChI is InChI=1S/C15H13N5O2/c1-19-9-12(8-17-19)20-6-5-13(21)14(18-20)15(22)10-3-2-4-11(16)7-10/h2-9H,16H2,1H3. The Kier molecular flexibility index (Phi) is 3.30. The van der Waals surface area contributed by atoms with Gasteiger partial charge in [0.05, 0.1) is 12.4 Å². The van der Waals surface area contributed by atoms with Gasteiger partial charge in [0.25, 0.3) is 0 Å². The maximum atomic E-state index is 12.5. The zero-order valence-corrected chi connectivity index (χ0v) is 11.8. The van der Waals surface area contributed by atoms with Crippen LogP contribution >= 0.6 is 0 Å². The highest BCUT2D eigenvalue weighted by Gasteiger charge is 2.16. The minimum absolute atomic E-state index is 0.156. The Morgan fingerprint density at radius 3 is 2.77 bits per heavy atom. The van der Waals surface area contributed by atoms with E-state index in [0.29, 0.717) is 16.9 Å². The second-order valence-electron chi connectivity index (χ2n) is 4.80. The number of rotatable bonds is 3. The zero-order valence-electron chi connectivity index (χ0n) is 11.8. The molecule has 0 unspecified atom stereocenters. The number of nitrogen functional groups attached to an aromatic ring is 1. The number of nitrogens with zero attached hydrogens (tertiary/aromatic N) is 4. The molecule has 0 aliphatic heterocycles. The number of aromatic nitrogens is 4. The van der Waals surface area contributed by atoms with E-state index < -0.39 is 11.2 Å². The minimum atomic E-state index is -0.462. The maximum absolute atomic E-state index is 12.5. The molecule has 3 aromatic rings. The average molecular weight is 295 g/mol. The number of carbonyl (C=O) groups is 1. The predicted octanol–water partition coefficient (Wildman–Crippen LogP) is 0.779. The fourth-order valence-electron chi connectivity index (χ4n) is 2.05. The van der Waals surface area contributed by atoms with Gasteiger partial charge in [0.15, 0.2) is 5.69 Å². The number of carbonyl (C=O) groups excluding carboxylic acids is 1. The van der Waals surface area contributed by atoms with E-state index in [-0.39, 0.29) is 5.69 Å². The molecule has 1 aromatic carbocycles. The van der Waals surface area contributed by atoms with Crippen molar-refractivity contribution in [2.45, 2.75) is 0 Å². The van der Waals surface area contributed by atoms with Gasteiger partial charge in [-0.05, 0) is 12.1 Å². The van der Waals surface area contributed by atoms with Crippen LogP contribution in [0.3, 0.4) is 0 Å². The van der Waals surface area contributed by atoms with Gasteiger partial charge in [0, 0.05) is 30.6 Å². The largest absolute Gasteiger partial charge is 0.399 e. The smallest absolute Gasteiger partial charge is 0.217 e. The third-order valence-electron chi connectivity index (χ3n) is 3.13. The molecule has 0 aliphatic carbocycles. The molecule has 7 heteroatoms. The number of benzene rings is 1. The molecule has 7 nitrogen and oxygen atoms in total. The number of anilines is 1. The summed E-state index contributed by atoms with van der Waals surface area (Å²) in [5, 5.41) is 8.16. The van der Waals surface area contributed by atoms with Gasteiger partial charge in [-0.25, -0.2) is 4.68 Å². The van der Waals surface area contributed by atoms with Gasteiger partial charge in [-0.3, -0.25) is 14.3 Å². The first-order valence-electron chi connectivity index (χ1n) is 6.54. The zero-order chi connectivity index (χ0) is 15.7. The molecule has 0 radical (unpaired) electrons. The van der Waals surface area contributed by atoms with E-state index in [2.05, 4.69) is 10.2 Å². The van der Waals surface area contributed by atoms with E-state index in [1.807, 2.05) is 0 Å². The van der Waals surface area contributed by atoms with E-state index in [0.717, 1.165) is 0 Å². The third-order valence-corrected chi connectivity index (χ3v) is 3.13. The molecular formula is C15H13N5O2. The Hall–Kier alpha value is -3.22. The van der Waals surface area contributed by atoms with Crippen LogP contribution in [0.25, 0.3) is 5.69 Å². The number of ketones is 1. The van der Waals surface area contributed by atoms with Crippen molar-refractivity contribution in [1.29, 1.82) is 0 Å². The van der Waals surface area contributed by atoms with Gasteiger partial charge in [0.2, 0.25) is 11.2 Å². The lowest BCUT2D eigenvalue weighted by Crippen LogP contribution is -2.21. The monoisotopic (exact) mass is 295 g/mol. The molecule has 0 fully saturated rings. The second kappa shape index (κ2) is 5.28. The van der Waals surface area contributed by atoms with Crippen molar-refractivity contribution in [3.05, 3.63) is 70.4 Å². The highest BCUT2D eigenvalue weighted by atomic mass is 16.1. The Morgan fingerprint density at radius 2 is 2.09 bits per heavy atom. The summed E-state index contributed by atoms with van der Waals surface area (Å²) in [6.07, 6.45) is 4.81. The van der Waals surface area contributed by atoms with Gasteiger partial charge in [-0.15, -0.1) is 0 Å². The first kappa shape index (κ1) is 13.7. The summed E-state index contributed by atoms with van der Waals surface area (Å²) in [6.45, 7) is 0. The number of hydrogen-bond acceptors (Lipinski definition) is 5. The normalized spacial score (nSPS) is 10.6. The molecule has 110 valence electrons. The van der Waals surface area contributed by atoms with Crippen LogP contribution in [0.15, 0.2) is 53.7 Å². The SMILES string of the molecule is Cn1cc(-n2ccc(=O)c(C(=O)c3cccc(N)c3)n2)cn1. The molecule has 2 aromatic heterocycles. The first-order valence-corrected chi connectivity index (χ1v) is 6.54. The van der Waals surface area contributed by atoms with Crippen molar-refractivity contribution in [2.75, 3.05) is 5.73 Å². The Labute approximate surface area is 125 Å². The Balaban J connectivity index is 2.07. The van der Waals surface area contributed by atoms with Gasteiger partial charge in [-0.2, -0.15) is 10.2 Å². The number of hydrogen-bond donors (Lipinski definition) is 1. The van der Waals surface area contributed by atoms with Crippen molar-refractivity contribution in [3.8, 4) is 5.69 Å².